The van der Waals surface area contributed by atoms with Crippen molar-refractivity contribution in [2.45, 2.75) is 69.9 Å². The van der Waals surface area contributed by atoms with Crippen LogP contribution in [-0.2, 0) is 4.79 Å². The first-order valence-corrected chi connectivity index (χ1v) is 6.80. The fourth-order valence-corrected chi connectivity index (χ4v) is 3.09. The lowest BCUT2D eigenvalue weighted by Gasteiger charge is -2.24. The predicted molar refractivity (Wildman–Crippen MR) is 64.9 cm³/mol. The van der Waals surface area contributed by atoms with E-state index in [1.54, 1.807) is 0 Å². The molecule has 92 valence electrons. The number of amides is 1. The summed E-state index contributed by atoms with van der Waals surface area (Å²) in [5, 5.41) is 3.17. The lowest BCUT2D eigenvalue weighted by atomic mass is 9.94. The first-order chi connectivity index (χ1) is 7.75. The molecule has 2 atom stereocenters. The number of hydrogen-bond donors (Lipinski definition) is 2. The van der Waals surface area contributed by atoms with E-state index in [1.165, 1.54) is 38.5 Å². The van der Waals surface area contributed by atoms with Crippen LogP contribution in [0.4, 0.5) is 0 Å². The maximum atomic E-state index is 11.8. The first kappa shape index (κ1) is 11.9. The second kappa shape index (κ2) is 5.67. The zero-order valence-electron chi connectivity index (χ0n) is 10.1. The van der Waals surface area contributed by atoms with Crippen LogP contribution in [0.5, 0.6) is 0 Å². The van der Waals surface area contributed by atoms with Gasteiger partial charge in [0.25, 0.3) is 0 Å². The second-order valence-corrected chi connectivity index (χ2v) is 5.46. The highest BCUT2D eigenvalue weighted by Gasteiger charge is 2.26. The molecule has 0 aliphatic heterocycles. The third-order valence-corrected chi connectivity index (χ3v) is 4.14. The van der Waals surface area contributed by atoms with Gasteiger partial charge in [-0.3, -0.25) is 4.79 Å². The Morgan fingerprint density at radius 3 is 2.44 bits per heavy atom. The molecule has 3 nitrogen and oxygen atoms in total. The number of rotatable bonds is 3. The van der Waals surface area contributed by atoms with Gasteiger partial charge in [-0.1, -0.05) is 25.7 Å². The van der Waals surface area contributed by atoms with Gasteiger partial charge in [0.15, 0.2) is 0 Å². The minimum atomic E-state index is 0.231. The van der Waals surface area contributed by atoms with Crippen molar-refractivity contribution in [2.75, 3.05) is 0 Å². The summed E-state index contributed by atoms with van der Waals surface area (Å²) >= 11 is 0. The Morgan fingerprint density at radius 1 is 1.06 bits per heavy atom. The van der Waals surface area contributed by atoms with E-state index in [1.807, 2.05) is 0 Å². The fourth-order valence-electron chi connectivity index (χ4n) is 3.09. The molecule has 2 aliphatic rings. The van der Waals surface area contributed by atoms with E-state index < -0.39 is 0 Å². The Balaban J connectivity index is 1.70. The number of nitrogens with two attached hydrogens (primary N) is 1. The maximum absolute atomic E-state index is 11.8. The number of hydrogen-bond acceptors (Lipinski definition) is 2. The van der Waals surface area contributed by atoms with Crippen molar-refractivity contribution in [3.05, 3.63) is 0 Å². The van der Waals surface area contributed by atoms with Gasteiger partial charge in [-0.2, -0.15) is 0 Å². The molecule has 3 heteroatoms. The van der Waals surface area contributed by atoms with Gasteiger partial charge in [-0.25, -0.2) is 0 Å². The van der Waals surface area contributed by atoms with Gasteiger partial charge in [-0.15, -0.1) is 0 Å². The van der Waals surface area contributed by atoms with Crippen molar-refractivity contribution in [1.82, 2.24) is 5.32 Å². The molecule has 3 N–H and O–H groups in total. The third-order valence-electron chi connectivity index (χ3n) is 4.14. The molecule has 2 fully saturated rings. The summed E-state index contributed by atoms with van der Waals surface area (Å²) in [6.07, 6.45) is 10.3. The van der Waals surface area contributed by atoms with Gasteiger partial charge in [0, 0.05) is 18.5 Å². The Morgan fingerprint density at radius 2 is 1.81 bits per heavy atom. The second-order valence-electron chi connectivity index (χ2n) is 5.46. The average molecular weight is 224 g/mol. The summed E-state index contributed by atoms with van der Waals surface area (Å²) in [6, 6.07) is 0.705. The summed E-state index contributed by atoms with van der Waals surface area (Å²) in [5.41, 5.74) is 5.98. The van der Waals surface area contributed by atoms with Gasteiger partial charge < -0.3 is 11.1 Å². The average Bonchev–Trinajstić information content (AvgIpc) is 2.66. The van der Waals surface area contributed by atoms with E-state index in [4.69, 9.17) is 5.73 Å². The van der Waals surface area contributed by atoms with Gasteiger partial charge in [0.2, 0.25) is 5.91 Å². The van der Waals surface area contributed by atoms with Crippen LogP contribution in [0.15, 0.2) is 0 Å². The van der Waals surface area contributed by atoms with Crippen molar-refractivity contribution >= 4 is 5.91 Å². The van der Waals surface area contributed by atoms with Crippen LogP contribution in [0.2, 0.25) is 0 Å². The quantitative estimate of drug-likeness (QED) is 0.770. The van der Waals surface area contributed by atoms with E-state index in [0.29, 0.717) is 18.4 Å². The van der Waals surface area contributed by atoms with Crippen LogP contribution < -0.4 is 11.1 Å². The molecule has 0 aromatic carbocycles. The maximum Gasteiger partial charge on any atom is 0.220 e. The summed E-state index contributed by atoms with van der Waals surface area (Å²) in [6.45, 7) is 0. The Bertz CT molecular complexity index is 236. The largest absolute Gasteiger partial charge is 0.353 e. The molecule has 0 spiro atoms. The molecule has 0 saturated heterocycles. The van der Waals surface area contributed by atoms with Crippen LogP contribution in [0.3, 0.4) is 0 Å². The molecule has 0 bridgehead atoms. The van der Waals surface area contributed by atoms with E-state index in [9.17, 15) is 4.79 Å². The van der Waals surface area contributed by atoms with E-state index in [0.717, 1.165) is 12.8 Å². The monoisotopic (exact) mass is 224 g/mol. The molecular weight excluding hydrogens is 200 g/mol. The normalized spacial score (nSPS) is 31.6. The highest BCUT2D eigenvalue weighted by Crippen LogP contribution is 2.27. The van der Waals surface area contributed by atoms with E-state index in [-0.39, 0.29) is 11.9 Å². The van der Waals surface area contributed by atoms with Gasteiger partial charge in [-0.05, 0) is 31.6 Å². The molecule has 0 heterocycles. The molecule has 2 saturated carbocycles. The summed E-state index contributed by atoms with van der Waals surface area (Å²) in [7, 11) is 0. The van der Waals surface area contributed by atoms with Crippen LogP contribution in [0.1, 0.15) is 57.8 Å². The molecule has 16 heavy (non-hydrogen) atoms. The molecule has 0 unspecified atom stereocenters. The first-order valence-electron chi connectivity index (χ1n) is 6.80. The third kappa shape index (κ3) is 3.21. The fraction of sp³-hybridized carbons (Fsp3) is 0.923. The van der Waals surface area contributed by atoms with Gasteiger partial charge >= 0.3 is 0 Å². The standard InChI is InChI=1S/C13H24N2O/c14-12-8-4-5-10(12)9-13(16)15-11-6-2-1-3-7-11/h10-12H,1-9,14H2,(H,15,16)/t10-,12+/m0/s1. The smallest absolute Gasteiger partial charge is 0.220 e. The van der Waals surface area contributed by atoms with Crippen LogP contribution in [0, 0.1) is 5.92 Å². The van der Waals surface area contributed by atoms with Crippen molar-refractivity contribution < 1.29 is 4.79 Å². The van der Waals surface area contributed by atoms with Crippen LogP contribution in [0.25, 0.3) is 0 Å². The van der Waals surface area contributed by atoms with Gasteiger partial charge in [0.05, 0.1) is 0 Å². The van der Waals surface area contributed by atoms with Crippen molar-refractivity contribution in [2.24, 2.45) is 11.7 Å². The molecule has 0 radical (unpaired) electrons. The zero-order valence-corrected chi connectivity index (χ0v) is 10.1. The molecule has 2 rings (SSSR count). The zero-order chi connectivity index (χ0) is 11.4. The Kier molecular flexibility index (Phi) is 4.22. The van der Waals surface area contributed by atoms with Crippen molar-refractivity contribution in [3.8, 4) is 0 Å². The Labute approximate surface area is 98.2 Å². The number of carbonyl (C=O) groups is 1. The van der Waals surface area contributed by atoms with Crippen molar-refractivity contribution in [1.29, 1.82) is 0 Å². The van der Waals surface area contributed by atoms with Crippen LogP contribution >= 0.6 is 0 Å². The minimum absolute atomic E-state index is 0.231. The van der Waals surface area contributed by atoms with Gasteiger partial charge in [0.1, 0.15) is 0 Å². The molecular formula is C13H24N2O. The van der Waals surface area contributed by atoms with Crippen LogP contribution in [-0.4, -0.2) is 18.0 Å². The summed E-state index contributed by atoms with van der Waals surface area (Å²) in [4.78, 5) is 11.8. The Hall–Kier alpha value is -0.570. The SMILES string of the molecule is N[C@@H]1CCC[C@H]1CC(=O)NC1CCCCC1. The van der Waals surface area contributed by atoms with Crippen molar-refractivity contribution in [3.63, 3.8) is 0 Å². The highest BCUT2D eigenvalue weighted by molar-refractivity contribution is 5.76. The molecule has 2 aliphatic carbocycles. The molecule has 0 aromatic rings. The lowest BCUT2D eigenvalue weighted by molar-refractivity contribution is -0.123. The highest BCUT2D eigenvalue weighted by atomic mass is 16.1. The number of carbonyl (C=O) groups excluding carboxylic acids is 1. The summed E-state index contributed by atoms with van der Waals surface area (Å²) < 4.78 is 0. The van der Waals surface area contributed by atoms with E-state index in [2.05, 4.69) is 5.32 Å². The molecule has 1 amide bonds. The van der Waals surface area contributed by atoms with E-state index >= 15 is 0 Å². The predicted octanol–water partition coefficient (Wildman–Crippen LogP) is 1.95. The number of nitrogens with one attached hydrogen (secondary N) is 1. The lowest BCUT2D eigenvalue weighted by Crippen LogP contribution is -2.38. The minimum Gasteiger partial charge on any atom is -0.353 e. The molecule has 0 aromatic heterocycles. The topological polar surface area (TPSA) is 55.1 Å². The summed E-state index contributed by atoms with van der Waals surface area (Å²) in [5.74, 6) is 0.665.